The van der Waals surface area contributed by atoms with Crippen LogP contribution in [0.1, 0.15) is 24.6 Å². The topological polar surface area (TPSA) is 77.2 Å². The van der Waals surface area contributed by atoms with Crippen LogP contribution in [0.5, 0.6) is 5.88 Å². The average Bonchev–Trinajstić information content (AvgIpc) is 2.93. The number of nitrogens with zero attached hydrogens (tertiary/aromatic N) is 5. The van der Waals surface area contributed by atoms with Crippen molar-refractivity contribution in [1.29, 1.82) is 0 Å². The molecule has 0 unspecified atom stereocenters. The Labute approximate surface area is 123 Å². The Morgan fingerprint density at radius 3 is 2.81 bits per heavy atom. The Bertz CT molecular complexity index is 552. The SMILES string of the molecule is Cc1nnc(CN2CCC(COc3cnccn3)CC2)o1. The molecule has 0 amide bonds. The van der Waals surface area contributed by atoms with Crippen LogP contribution >= 0.6 is 0 Å². The number of hydrogen-bond donors (Lipinski definition) is 0. The van der Waals surface area contributed by atoms with Crippen LogP contribution in [0.2, 0.25) is 0 Å². The molecule has 0 bridgehead atoms. The molecule has 1 aliphatic heterocycles. The van der Waals surface area contributed by atoms with E-state index in [-0.39, 0.29) is 0 Å². The van der Waals surface area contributed by atoms with Crippen LogP contribution in [0.4, 0.5) is 0 Å². The molecule has 0 saturated carbocycles. The molecule has 0 radical (unpaired) electrons. The van der Waals surface area contributed by atoms with Gasteiger partial charge >= 0.3 is 0 Å². The van der Waals surface area contributed by atoms with E-state index in [4.69, 9.17) is 9.15 Å². The van der Waals surface area contributed by atoms with Crippen molar-refractivity contribution in [2.75, 3.05) is 19.7 Å². The van der Waals surface area contributed by atoms with Crippen LogP contribution in [0, 0.1) is 12.8 Å². The quantitative estimate of drug-likeness (QED) is 0.824. The smallest absolute Gasteiger partial charge is 0.232 e. The number of likely N-dealkylation sites (tertiary alicyclic amines) is 1. The molecule has 2 aromatic rings. The summed E-state index contributed by atoms with van der Waals surface area (Å²) in [6.45, 7) is 5.29. The summed E-state index contributed by atoms with van der Waals surface area (Å²) in [6, 6.07) is 0. The van der Waals surface area contributed by atoms with Crippen molar-refractivity contribution in [3.63, 3.8) is 0 Å². The predicted molar refractivity (Wildman–Crippen MR) is 74.6 cm³/mol. The molecule has 7 heteroatoms. The van der Waals surface area contributed by atoms with Gasteiger partial charge in [0.1, 0.15) is 0 Å². The number of hydrogen-bond acceptors (Lipinski definition) is 7. The Hall–Kier alpha value is -2.02. The highest BCUT2D eigenvalue weighted by molar-refractivity contribution is 5.01. The Morgan fingerprint density at radius 2 is 2.14 bits per heavy atom. The summed E-state index contributed by atoms with van der Waals surface area (Å²) in [4.78, 5) is 10.4. The summed E-state index contributed by atoms with van der Waals surface area (Å²) in [6.07, 6.45) is 7.14. The largest absolute Gasteiger partial charge is 0.476 e. The zero-order valence-corrected chi connectivity index (χ0v) is 12.1. The second-order valence-corrected chi connectivity index (χ2v) is 5.29. The monoisotopic (exact) mass is 289 g/mol. The Kier molecular flexibility index (Phi) is 4.40. The lowest BCUT2D eigenvalue weighted by Gasteiger charge is -2.30. The van der Waals surface area contributed by atoms with Crippen LogP contribution in [0.25, 0.3) is 0 Å². The van der Waals surface area contributed by atoms with Gasteiger partial charge in [-0.1, -0.05) is 0 Å². The van der Waals surface area contributed by atoms with Gasteiger partial charge in [-0.2, -0.15) is 0 Å². The molecule has 1 fully saturated rings. The van der Waals surface area contributed by atoms with E-state index in [0.717, 1.165) is 32.5 Å². The van der Waals surface area contributed by atoms with E-state index in [2.05, 4.69) is 25.1 Å². The first kappa shape index (κ1) is 13.9. The van der Waals surface area contributed by atoms with Gasteiger partial charge in [0.05, 0.1) is 19.3 Å². The minimum absolute atomic E-state index is 0.563. The maximum absolute atomic E-state index is 5.67. The lowest BCUT2D eigenvalue weighted by molar-refractivity contribution is 0.127. The zero-order valence-electron chi connectivity index (χ0n) is 12.1. The van der Waals surface area contributed by atoms with Gasteiger partial charge in [-0.3, -0.25) is 9.88 Å². The van der Waals surface area contributed by atoms with Crippen LogP contribution in [-0.4, -0.2) is 44.8 Å². The highest BCUT2D eigenvalue weighted by atomic mass is 16.5. The van der Waals surface area contributed by atoms with E-state index in [0.29, 0.717) is 30.2 Å². The molecule has 1 saturated heterocycles. The van der Waals surface area contributed by atoms with Crippen molar-refractivity contribution in [2.45, 2.75) is 26.3 Å². The minimum atomic E-state index is 0.563. The van der Waals surface area contributed by atoms with E-state index in [1.807, 2.05) is 6.92 Å². The summed E-state index contributed by atoms with van der Waals surface area (Å²) in [5.41, 5.74) is 0. The molecule has 1 aliphatic rings. The van der Waals surface area contributed by atoms with Crippen LogP contribution < -0.4 is 4.74 Å². The first-order valence-electron chi connectivity index (χ1n) is 7.20. The zero-order chi connectivity index (χ0) is 14.5. The standard InChI is InChI=1S/C14H19N5O2/c1-11-17-18-14(21-11)9-19-6-2-12(3-7-19)10-20-13-8-15-4-5-16-13/h4-5,8,12H,2-3,6-7,9-10H2,1H3. The number of ether oxygens (including phenoxy) is 1. The van der Waals surface area contributed by atoms with Gasteiger partial charge in [0.15, 0.2) is 0 Å². The van der Waals surface area contributed by atoms with Crippen LogP contribution in [0.15, 0.2) is 23.0 Å². The fourth-order valence-corrected chi connectivity index (χ4v) is 2.47. The van der Waals surface area contributed by atoms with Gasteiger partial charge in [-0.25, -0.2) is 4.98 Å². The third-order valence-electron chi connectivity index (χ3n) is 3.64. The first-order valence-corrected chi connectivity index (χ1v) is 7.20. The van der Waals surface area contributed by atoms with Crippen LogP contribution in [-0.2, 0) is 6.54 Å². The molecule has 2 aromatic heterocycles. The van der Waals surface area contributed by atoms with Crippen molar-refractivity contribution in [2.24, 2.45) is 5.92 Å². The van der Waals surface area contributed by atoms with E-state index in [1.54, 1.807) is 18.6 Å². The second kappa shape index (κ2) is 6.62. The van der Waals surface area contributed by atoms with Crippen LogP contribution in [0.3, 0.4) is 0 Å². The molecule has 7 nitrogen and oxygen atoms in total. The lowest BCUT2D eigenvalue weighted by Crippen LogP contribution is -2.35. The van der Waals surface area contributed by atoms with E-state index in [9.17, 15) is 0 Å². The van der Waals surface area contributed by atoms with Crippen molar-refractivity contribution >= 4 is 0 Å². The molecule has 3 rings (SSSR count). The van der Waals surface area contributed by atoms with Crippen molar-refractivity contribution in [3.05, 3.63) is 30.4 Å². The normalized spacial score (nSPS) is 17.0. The Balaban J connectivity index is 1.40. The van der Waals surface area contributed by atoms with Gasteiger partial charge in [0.25, 0.3) is 0 Å². The highest BCUT2D eigenvalue weighted by Crippen LogP contribution is 2.19. The number of piperidine rings is 1. The first-order chi connectivity index (χ1) is 10.3. The second-order valence-electron chi connectivity index (χ2n) is 5.29. The highest BCUT2D eigenvalue weighted by Gasteiger charge is 2.21. The van der Waals surface area contributed by atoms with Crippen molar-refractivity contribution < 1.29 is 9.15 Å². The maximum atomic E-state index is 5.67. The summed E-state index contributed by atoms with van der Waals surface area (Å²) >= 11 is 0. The minimum Gasteiger partial charge on any atom is -0.476 e. The third-order valence-corrected chi connectivity index (χ3v) is 3.64. The van der Waals surface area contributed by atoms with E-state index < -0.39 is 0 Å². The third kappa shape index (κ3) is 3.98. The summed E-state index contributed by atoms with van der Waals surface area (Å²) in [7, 11) is 0. The van der Waals surface area contributed by atoms with Crippen molar-refractivity contribution in [1.82, 2.24) is 25.1 Å². The van der Waals surface area contributed by atoms with Gasteiger partial charge < -0.3 is 9.15 Å². The summed E-state index contributed by atoms with van der Waals surface area (Å²) in [5, 5.41) is 7.89. The molecule has 0 aromatic carbocycles. The summed E-state index contributed by atoms with van der Waals surface area (Å²) < 4.78 is 11.1. The molecule has 0 spiro atoms. The Morgan fingerprint density at radius 1 is 1.29 bits per heavy atom. The fraction of sp³-hybridized carbons (Fsp3) is 0.571. The molecule has 0 aliphatic carbocycles. The van der Waals surface area contributed by atoms with Gasteiger partial charge in [0, 0.05) is 19.3 Å². The fourth-order valence-electron chi connectivity index (χ4n) is 2.47. The summed E-state index contributed by atoms with van der Waals surface area (Å²) in [5.74, 6) is 2.48. The molecular formula is C14H19N5O2. The van der Waals surface area contributed by atoms with E-state index >= 15 is 0 Å². The number of rotatable bonds is 5. The average molecular weight is 289 g/mol. The number of aryl methyl sites for hydroxylation is 1. The molecule has 0 N–H and O–H groups in total. The van der Waals surface area contributed by atoms with Gasteiger partial charge in [-0.15, -0.1) is 10.2 Å². The number of aromatic nitrogens is 4. The molecule has 3 heterocycles. The van der Waals surface area contributed by atoms with Crippen molar-refractivity contribution in [3.8, 4) is 5.88 Å². The molecule has 21 heavy (non-hydrogen) atoms. The predicted octanol–water partition coefficient (Wildman–Crippen LogP) is 1.46. The van der Waals surface area contributed by atoms with Gasteiger partial charge in [0.2, 0.25) is 17.7 Å². The van der Waals surface area contributed by atoms with E-state index in [1.165, 1.54) is 0 Å². The van der Waals surface area contributed by atoms with Gasteiger partial charge in [-0.05, 0) is 31.8 Å². The lowest BCUT2D eigenvalue weighted by atomic mass is 9.98. The molecule has 0 atom stereocenters. The molecular weight excluding hydrogens is 270 g/mol. The maximum Gasteiger partial charge on any atom is 0.232 e. The molecule has 112 valence electrons.